The predicted molar refractivity (Wildman–Crippen MR) is 210 cm³/mol. The molecule has 0 radical (unpaired) electrons. The molecule has 278 valence electrons. The third-order valence-electron chi connectivity index (χ3n) is 13.0. The minimum Gasteiger partial charge on any atom is -0.508 e. The number of benzene rings is 4. The van der Waals surface area contributed by atoms with Gasteiger partial charge >= 0.3 is 0 Å². The van der Waals surface area contributed by atoms with Crippen molar-refractivity contribution in [3.8, 4) is 5.75 Å². The summed E-state index contributed by atoms with van der Waals surface area (Å²) in [6.07, 6.45) is 7.59. The lowest BCUT2D eigenvalue weighted by Crippen LogP contribution is -2.54. The van der Waals surface area contributed by atoms with Gasteiger partial charge in [0.25, 0.3) is 5.91 Å². The van der Waals surface area contributed by atoms with E-state index in [2.05, 4.69) is 81.5 Å². The van der Waals surface area contributed by atoms with Crippen molar-refractivity contribution < 1.29 is 19.5 Å². The van der Waals surface area contributed by atoms with Gasteiger partial charge in [0, 0.05) is 68.0 Å². The van der Waals surface area contributed by atoms with E-state index in [1.165, 1.54) is 53.6 Å². The third-order valence-corrected chi connectivity index (χ3v) is 13.0. The van der Waals surface area contributed by atoms with Crippen LogP contribution in [0, 0.1) is 5.41 Å². The SMILES string of the molecule is O=C1CCC(N2Cc3cc(NCCNC4CC5(CCN(c6ccc([C@@H]7c8ccc(O)cc8CC[C@@H]7c7ccccc7)cc6)CC5)C4)ccc3C2=O)C(=O)N1. The average Bonchev–Trinajstić information content (AvgIpc) is 3.50. The van der Waals surface area contributed by atoms with Crippen LogP contribution in [0.4, 0.5) is 11.4 Å². The Labute approximate surface area is 317 Å². The summed E-state index contributed by atoms with van der Waals surface area (Å²) in [6.45, 7) is 4.23. The van der Waals surface area contributed by atoms with Gasteiger partial charge in [0.1, 0.15) is 11.8 Å². The topological polar surface area (TPSA) is 114 Å². The Morgan fingerprint density at radius 2 is 1.59 bits per heavy atom. The number of hydrogen-bond acceptors (Lipinski definition) is 7. The lowest BCUT2D eigenvalue weighted by molar-refractivity contribution is -0.136. The number of amides is 3. The van der Waals surface area contributed by atoms with Crippen LogP contribution in [0.1, 0.15) is 95.0 Å². The summed E-state index contributed by atoms with van der Waals surface area (Å²) in [5.41, 5.74) is 9.62. The Balaban J connectivity index is 0.745. The summed E-state index contributed by atoms with van der Waals surface area (Å²) in [7, 11) is 0. The van der Waals surface area contributed by atoms with Crippen LogP contribution in [-0.4, -0.2) is 66.0 Å². The number of phenolic OH excluding ortho intramolecular Hbond substituents is 1. The van der Waals surface area contributed by atoms with Crippen LogP contribution < -0.4 is 20.9 Å². The number of phenols is 1. The second-order valence-corrected chi connectivity index (χ2v) is 16.3. The molecule has 4 aromatic rings. The van der Waals surface area contributed by atoms with Crippen molar-refractivity contribution in [2.75, 3.05) is 36.4 Å². The number of fused-ring (bicyclic) bond motifs is 2. The van der Waals surface area contributed by atoms with Crippen molar-refractivity contribution in [2.24, 2.45) is 5.41 Å². The van der Waals surface area contributed by atoms with Gasteiger partial charge in [-0.2, -0.15) is 0 Å². The second kappa shape index (κ2) is 14.3. The van der Waals surface area contributed by atoms with E-state index in [0.29, 0.717) is 41.7 Å². The number of aromatic hydroxyl groups is 1. The molecule has 4 aromatic carbocycles. The lowest BCUT2D eigenvalue weighted by Gasteiger charge is -2.53. The Hall–Kier alpha value is -5.15. The number of nitrogens with one attached hydrogen (secondary N) is 3. The van der Waals surface area contributed by atoms with Gasteiger partial charge in [0.05, 0.1) is 0 Å². The summed E-state index contributed by atoms with van der Waals surface area (Å²) in [5, 5.41) is 19.8. The van der Waals surface area contributed by atoms with Crippen LogP contribution in [0.5, 0.6) is 5.75 Å². The molecule has 0 aromatic heterocycles. The molecule has 3 atom stereocenters. The molecule has 1 spiro atoms. The highest BCUT2D eigenvalue weighted by Gasteiger charge is 2.45. The standard InChI is InChI=1S/C45H49N5O4/c51-36-12-15-38-31(25-36)8-13-37(29-4-2-1-3-5-29)42(38)30-6-10-35(11-7-30)49-22-18-45(19-23-49)26-34(27-45)47-21-20-46-33-9-14-39-32(24-33)28-50(44(39)54)40-16-17-41(52)48-43(40)53/h1-7,9-12,14-15,24-25,34,37,40,42,46-47,51H,8,13,16-23,26-28H2,(H,48,52,53)/t37-,40?,42+/m1/s1. The smallest absolute Gasteiger partial charge is 0.255 e. The van der Waals surface area contributed by atoms with E-state index in [1.54, 1.807) is 4.90 Å². The van der Waals surface area contributed by atoms with E-state index in [4.69, 9.17) is 0 Å². The monoisotopic (exact) mass is 723 g/mol. The number of nitrogens with zero attached hydrogens (tertiary/aromatic N) is 2. The first kappa shape index (κ1) is 34.6. The van der Waals surface area contributed by atoms with Crippen LogP contribution in [0.2, 0.25) is 0 Å². The molecule has 3 heterocycles. The highest BCUT2D eigenvalue weighted by atomic mass is 16.3. The van der Waals surface area contributed by atoms with Crippen molar-refractivity contribution in [1.82, 2.24) is 15.5 Å². The zero-order chi connectivity index (χ0) is 36.8. The average molecular weight is 724 g/mol. The molecule has 3 amide bonds. The van der Waals surface area contributed by atoms with Crippen LogP contribution in [-0.2, 0) is 22.6 Å². The molecule has 54 heavy (non-hydrogen) atoms. The number of imide groups is 1. The molecular weight excluding hydrogens is 675 g/mol. The Bertz CT molecular complexity index is 2050. The maximum absolute atomic E-state index is 13.0. The third kappa shape index (κ3) is 6.63. The van der Waals surface area contributed by atoms with Crippen molar-refractivity contribution >= 4 is 29.1 Å². The van der Waals surface area contributed by atoms with E-state index in [0.717, 1.165) is 50.3 Å². The Morgan fingerprint density at radius 1 is 0.796 bits per heavy atom. The first-order chi connectivity index (χ1) is 26.3. The number of carbonyl (C=O) groups excluding carboxylic acids is 3. The largest absolute Gasteiger partial charge is 0.508 e. The van der Waals surface area contributed by atoms with Gasteiger partial charge in [-0.3, -0.25) is 19.7 Å². The zero-order valence-corrected chi connectivity index (χ0v) is 30.7. The highest BCUT2D eigenvalue weighted by molar-refractivity contribution is 6.05. The van der Waals surface area contributed by atoms with E-state index in [1.807, 2.05) is 30.3 Å². The normalized spacial score (nSPS) is 23.5. The van der Waals surface area contributed by atoms with E-state index >= 15 is 0 Å². The molecule has 1 unspecified atom stereocenters. The molecule has 9 heteroatoms. The molecule has 2 aliphatic carbocycles. The fourth-order valence-corrected chi connectivity index (χ4v) is 10.1. The minimum atomic E-state index is -0.593. The molecule has 9 rings (SSSR count). The number of carbonyl (C=O) groups is 3. The molecule has 0 bridgehead atoms. The summed E-state index contributed by atoms with van der Waals surface area (Å²) in [6, 6.07) is 32.0. The molecule has 9 nitrogen and oxygen atoms in total. The maximum Gasteiger partial charge on any atom is 0.255 e. The molecule has 5 aliphatic rings. The number of hydrogen-bond donors (Lipinski definition) is 4. The maximum atomic E-state index is 13.0. The lowest BCUT2D eigenvalue weighted by atomic mass is 9.60. The van der Waals surface area contributed by atoms with Crippen LogP contribution >= 0.6 is 0 Å². The van der Waals surface area contributed by atoms with Crippen molar-refractivity contribution in [1.29, 1.82) is 0 Å². The summed E-state index contributed by atoms with van der Waals surface area (Å²) < 4.78 is 0. The first-order valence-electron chi connectivity index (χ1n) is 19.8. The molecule has 3 aliphatic heterocycles. The van der Waals surface area contributed by atoms with Gasteiger partial charge in [-0.15, -0.1) is 0 Å². The van der Waals surface area contributed by atoms with Crippen LogP contribution in [0.15, 0.2) is 91.0 Å². The Morgan fingerprint density at radius 3 is 2.37 bits per heavy atom. The number of aryl methyl sites for hydroxylation is 1. The molecule has 2 saturated heterocycles. The number of rotatable bonds is 9. The fourth-order valence-electron chi connectivity index (χ4n) is 10.1. The predicted octanol–water partition coefficient (Wildman–Crippen LogP) is 6.47. The van der Waals surface area contributed by atoms with E-state index < -0.39 is 6.04 Å². The van der Waals surface area contributed by atoms with Gasteiger partial charge in [-0.05, 0) is 127 Å². The second-order valence-electron chi connectivity index (χ2n) is 16.3. The van der Waals surface area contributed by atoms with Gasteiger partial charge in [-0.25, -0.2) is 0 Å². The van der Waals surface area contributed by atoms with E-state index in [-0.39, 0.29) is 30.1 Å². The summed E-state index contributed by atoms with van der Waals surface area (Å²) in [4.78, 5) is 41.1. The van der Waals surface area contributed by atoms with Gasteiger partial charge < -0.3 is 25.5 Å². The van der Waals surface area contributed by atoms with Crippen LogP contribution in [0.25, 0.3) is 0 Å². The zero-order valence-electron chi connectivity index (χ0n) is 30.7. The molecule has 4 N–H and O–H groups in total. The number of piperidine rings is 2. The van der Waals surface area contributed by atoms with Crippen molar-refractivity contribution in [3.05, 3.63) is 124 Å². The quantitative estimate of drug-likeness (QED) is 0.116. The minimum absolute atomic E-state index is 0.142. The molecule has 3 fully saturated rings. The Kier molecular flexibility index (Phi) is 9.13. The first-order valence-corrected chi connectivity index (χ1v) is 19.8. The van der Waals surface area contributed by atoms with Gasteiger partial charge in [0.2, 0.25) is 11.8 Å². The van der Waals surface area contributed by atoms with Crippen LogP contribution in [0.3, 0.4) is 0 Å². The summed E-state index contributed by atoms with van der Waals surface area (Å²) >= 11 is 0. The summed E-state index contributed by atoms with van der Waals surface area (Å²) in [5.74, 6) is 0.228. The molecular formula is C45H49N5O4. The van der Waals surface area contributed by atoms with E-state index in [9.17, 15) is 19.5 Å². The van der Waals surface area contributed by atoms with Gasteiger partial charge in [-0.1, -0.05) is 48.5 Å². The van der Waals surface area contributed by atoms with Crippen molar-refractivity contribution in [3.63, 3.8) is 0 Å². The number of anilines is 2. The molecule has 1 saturated carbocycles. The van der Waals surface area contributed by atoms with Crippen molar-refractivity contribution in [2.45, 2.75) is 81.8 Å². The highest BCUT2D eigenvalue weighted by Crippen LogP contribution is 2.50. The fraction of sp³-hybridized carbons (Fsp3) is 0.400. The van der Waals surface area contributed by atoms with Gasteiger partial charge in [0.15, 0.2) is 0 Å².